The van der Waals surface area contributed by atoms with Gasteiger partial charge >= 0.3 is 6.09 Å². The van der Waals surface area contributed by atoms with E-state index in [2.05, 4.69) is 5.10 Å². The number of nitrogens with two attached hydrogens (primary N) is 1. The van der Waals surface area contributed by atoms with Crippen molar-refractivity contribution >= 4 is 11.8 Å². The molecule has 0 spiro atoms. The Morgan fingerprint density at radius 3 is 2.52 bits per heavy atom. The molecule has 1 aromatic heterocycles. The Labute approximate surface area is 156 Å². The number of carbonyl (C=O) groups is 1. The normalized spacial score (nSPS) is 15.8. The summed E-state index contributed by atoms with van der Waals surface area (Å²) in [5.41, 5.74) is 5.25. The Morgan fingerprint density at radius 2 is 1.89 bits per heavy atom. The first-order valence-corrected chi connectivity index (χ1v) is 8.91. The van der Waals surface area contributed by atoms with Crippen molar-refractivity contribution in [3.63, 3.8) is 0 Å². The van der Waals surface area contributed by atoms with E-state index in [1.54, 1.807) is 15.8 Å². The number of hydrogen-bond donors (Lipinski definition) is 1. The maximum Gasteiger partial charge on any atom is 0.410 e. The molecule has 2 aromatic rings. The number of carbonyl (C=O) groups excluding carboxylic acids is 1. The van der Waals surface area contributed by atoms with Crippen LogP contribution < -0.4 is 5.73 Å². The molecule has 0 radical (unpaired) electrons. The first-order chi connectivity index (χ1) is 12.6. The minimum Gasteiger partial charge on any atom is -0.444 e. The predicted octanol–water partition coefficient (Wildman–Crippen LogP) is 3.98. The zero-order valence-corrected chi connectivity index (χ0v) is 15.7. The van der Waals surface area contributed by atoms with Crippen molar-refractivity contribution in [2.75, 3.05) is 18.8 Å². The van der Waals surface area contributed by atoms with Crippen molar-refractivity contribution in [2.24, 2.45) is 0 Å². The standard InChI is InChI=1S/C19H24F2N4O2/c1-19(2,3)27-18(26)24-6-4-13(5-7-24)25-11-12(10-23-25)14-8-16(21)17(22)9-15(14)20/h8-11,13H,4-7,22H2,1-3H3. The molecule has 0 saturated carbocycles. The maximum atomic E-state index is 14.1. The number of nitrogen functional groups attached to an aromatic ring is 1. The van der Waals surface area contributed by atoms with Gasteiger partial charge in [-0.25, -0.2) is 13.6 Å². The zero-order chi connectivity index (χ0) is 19.8. The summed E-state index contributed by atoms with van der Waals surface area (Å²) in [6.45, 7) is 6.62. The summed E-state index contributed by atoms with van der Waals surface area (Å²) in [6, 6.07) is 2.14. The largest absolute Gasteiger partial charge is 0.444 e. The molecule has 2 N–H and O–H groups in total. The number of anilines is 1. The van der Waals surface area contributed by atoms with Crippen LogP contribution in [0.15, 0.2) is 24.5 Å². The molecule has 1 saturated heterocycles. The zero-order valence-electron chi connectivity index (χ0n) is 15.7. The molecule has 0 unspecified atom stereocenters. The van der Waals surface area contributed by atoms with Crippen LogP contribution in [-0.2, 0) is 4.74 Å². The number of halogens is 2. The van der Waals surface area contributed by atoms with Crippen LogP contribution in [-0.4, -0.2) is 39.5 Å². The molecule has 1 fully saturated rings. The molecule has 6 nitrogen and oxygen atoms in total. The van der Waals surface area contributed by atoms with Gasteiger partial charge in [0.25, 0.3) is 0 Å². The molecule has 0 bridgehead atoms. The second-order valence-corrected chi connectivity index (χ2v) is 7.76. The summed E-state index contributed by atoms with van der Waals surface area (Å²) in [6.07, 6.45) is 4.30. The average Bonchev–Trinajstić information content (AvgIpc) is 3.06. The number of amides is 1. The third-order valence-corrected chi connectivity index (χ3v) is 4.49. The molecule has 1 aliphatic rings. The number of benzene rings is 1. The Kier molecular flexibility index (Phi) is 5.08. The molecule has 2 heterocycles. The van der Waals surface area contributed by atoms with Crippen LogP contribution in [0.3, 0.4) is 0 Å². The summed E-state index contributed by atoms with van der Waals surface area (Å²) in [5, 5.41) is 4.30. The van der Waals surface area contributed by atoms with Gasteiger partial charge in [-0.05, 0) is 39.7 Å². The maximum absolute atomic E-state index is 14.1. The molecule has 0 aliphatic carbocycles. The summed E-state index contributed by atoms with van der Waals surface area (Å²) in [5.74, 6) is -1.25. The lowest BCUT2D eigenvalue weighted by molar-refractivity contribution is 0.0185. The van der Waals surface area contributed by atoms with E-state index in [1.165, 1.54) is 6.20 Å². The van der Waals surface area contributed by atoms with Crippen molar-refractivity contribution in [1.82, 2.24) is 14.7 Å². The van der Waals surface area contributed by atoms with Crippen LogP contribution >= 0.6 is 0 Å². The van der Waals surface area contributed by atoms with Crippen LogP contribution in [0.4, 0.5) is 19.3 Å². The lowest BCUT2D eigenvalue weighted by atomic mass is 10.1. The number of aromatic nitrogens is 2. The molecule has 146 valence electrons. The topological polar surface area (TPSA) is 73.4 Å². The predicted molar refractivity (Wildman–Crippen MR) is 98.1 cm³/mol. The number of rotatable bonds is 2. The highest BCUT2D eigenvalue weighted by Gasteiger charge is 2.28. The van der Waals surface area contributed by atoms with E-state index < -0.39 is 17.2 Å². The van der Waals surface area contributed by atoms with Crippen molar-refractivity contribution in [3.05, 3.63) is 36.2 Å². The van der Waals surface area contributed by atoms with Crippen LogP contribution in [0.5, 0.6) is 0 Å². The van der Waals surface area contributed by atoms with Crippen molar-refractivity contribution in [2.45, 2.75) is 45.3 Å². The molecule has 1 amide bonds. The van der Waals surface area contributed by atoms with Gasteiger partial charge in [0.05, 0.1) is 17.9 Å². The Morgan fingerprint density at radius 1 is 1.22 bits per heavy atom. The summed E-state index contributed by atoms with van der Waals surface area (Å²) in [4.78, 5) is 13.8. The van der Waals surface area contributed by atoms with Crippen molar-refractivity contribution < 1.29 is 18.3 Å². The lowest BCUT2D eigenvalue weighted by Gasteiger charge is -2.33. The number of hydrogen-bond acceptors (Lipinski definition) is 4. The monoisotopic (exact) mass is 378 g/mol. The quantitative estimate of drug-likeness (QED) is 0.802. The van der Waals surface area contributed by atoms with Crippen LogP contribution in [0.2, 0.25) is 0 Å². The van der Waals surface area contributed by atoms with E-state index in [9.17, 15) is 13.6 Å². The van der Waals surface area contributed by atoms with Crippen molar-refractivity contribution in [1.29, 1.82) is 0 Å². The molecule has 3 rings (SSSR count). The van der Waals surface area contributed by atoms with E-state index in [4.69, 9.17) is 10.5 Å². The molecular weight excluding hydrogens is 354 g/mol. The molecule has 0 atom stereocenters. The molecule has 1 aromatic carbocycles. The Hall–Kier alpha value is -2.64. The van der Waals surface area contributed by atoms with Gasteiger partial charge in [-0.15, -0.1) is 0 Å². The summed E-state index contributed by atoms with van der Waals surface area (Å²) < 4.78 is 34.9. The van der Waals surface area contributed by atoms with E-state index in [-0.39, 0.29) is 23.4 Å². The molecule has 8 heteroatoms. The van der Waals surface area contributed by atoms with Gasteiger partial charge in [-0.2, -0.15) is 5.10 Å². The SMILES string of the molecule is CC(C)(C)OC(=O)N1CCC(n2cc(-c3cc(F)c(N)cc3F)cn2)CC1. The summed E-state index contributed by atoms with van der Waals surface area (Å²) >= 11 is 0. The Bertz CT molecular complexity index is 837. The number of piperidine rings is 1. The van der Waals surface area contributed by atoms with Gasteiger partial charge in [0.15, 0.2) is 0 Å². The van der Waals surface area contributed by atoms with E-state index in [0.717, 1.165) is 12.1 Å². The van der Waals surface area contributed by atoms with Gasteiger partial charge in [-0.3, -0.25) is 4.68 Å². The van der Waals surface area contributed by atoms with Crippen LogP contribution in [0.1, 0.15) is 39.7 Å². The fourth-order valence-electron chi connectivity index (χ4n) is 3.10. The van der Waals surface area contributed by atoms with Crippen molar-refractivity contribution in [3.8, 4) is 11.1 Å². The number of nitrogens with zero attached hydrogens (tertiary/aromatic N) is 3. The first-order valence-electron chi connectivity index (χ1n) is 8.91. The van der Waals surface area contributed by atoms with E-state index in [1.807, 2.05) is 20.8 Å². The van der Waals surface area contributed by atoms with Gasteiger partial charge in [0, 0.05) is 36.5 Å². The molecule has 1 aliphatic heterocycles. The van der Waals surface area contributed by atoms with Crippen LogP contribution in [0.25, 0.3) is 11.1 Å². The van der Waals surface area contributed by atoms with Gasteiger partial charge < -0.3 is 15.4 Å². The fraction of sp³-hybridized carbons (Fsp3) is 0.474. The Balaban J connectivity index is 1.67. The number of likely N-dealkylation sites (tertiary alicyclic amines) is 1. The fourth-order valence-corrected chi connectivity index (χ4v) is 3.10. The highest BCUT2D eigenvalue weighted by Crippen LogP contribution is 2.29. The van der Waals surface area contributed by atoms with E-state index in [0.29, 0.717) is 31.5 Å². The highest BCUT2D eigenvalue weighted by molar-refractivity contribution is 5.68. The average molecular weight is 378 g/mol. The smallest absolute Gasteiger partial charge is 0.410 e. The lowest BCUT2D eigenvalue weighted by Crippen LogP contribution is -2.42. The third-order valence-electron chi connectivity index (χ3n) is 4.49. The second kappa shape index (κ2) is 7.17. The second-order valence-electron chi connectivity index (χ2n) is 7.76. The number of ether oxygens (including phenoxy) is 1. The highest BCUT2D eigenvalue weighted by atomic mass is 19.1. The van der Waals surface area contributed by atoms with Gasteiger partial charge in [-0.1, -0.05) is 0 Å². The van der Waals surface area contributed by atoms with Crippen LogP contribution in [0, 0.1) is 11.6 Å². The first kappa shape index (κ1) is 19.1. The summed E-state index contributed by atoms with van der Waals surface area (Å²) in [7, 11) is 0. The minimum atomic E-state index is -0.662. The molecular formula is C19H24F2N4O2. The molecule has 27 heavy (non-hydrogen) atoms. The third kappa shape index (κ3) is 4.37. The minimum absolute atomic E-state index is 0.0825. The van der Waals surface area contributed by atoms with Gasteiger partial charge in [0.2, 0.25) is 0 Å². The van der Waals surface area contributed by atoms with E-state index >= 15 is 0 Å². The van der Waals surface area contributed by atoms with Gasteiger partial charge in [0.1, 0.15) is 17.2 Å².